The summed E-state index contributed by atoms with van der Waals surface area (Å²) >= 11 is -1.39. The van der Waals surface area contributed by atoms with Crippen LogP contribution in [0.15, 0.2) is 211 Å². The normalized spacial score (nSPS) is 20.4. The van der Waals surface area contributed by atoms with Gasteiger partial charge in [-0.3, -0.25) is 0 Å². The molecule has 0 radical (unpaired) electrons. The van der Waals surface area contributed by atoms with E-state index in [1.165, 1.54) is 44.5 Å². The number of rotatable bonds is 11. The van der Waals surface area contributed by atoms with Crippen molar-refractivity contribution in [3.05, 3.63) is 245 Å². The van der Waals surface area contributed by atoms with Gasteiger partial charge in [-0.1, -0.05) is 0 Å². The third-order valence-corrected chi connectivity index (χ3v) is 108. The molecule has 296 valence electrons. The van der Waals surface area contributed by atoms with Crippen LogP contribution in [-0.2, 0) is 23.5 Å². The predicted octanol–water partition coefficient (Wildman–Crippen LogP) is 12.4. The van der Waals surface area contributed by atoms with E-state index >= 15 is 0 Å². The topological polar surface area (TPSA) is 0 Å². The molecule has 3 heteroatoms. The van der Waals surface area contributed by atoms with Gasteiger partial charge in [0.2, 0.25) is 0 Å². The van der Waals surface area contributed by atoms with Crippen molar-refractivity contribution >= 4 is 40.4 Å². The molecule has 0 spiro atoms. The van der Waals surface area contributed by atoms with Crippen molar-refractivity contribution in [3.63, 3.8) is 0 Å². The van der Waals surface area contributed by atoms with Crippen molar-refractivity contribution in [2.24, 2.45) is 0 Å². The molecule has 0 aliphatic heterocycles. The average Bonchev–Trinajstić information content (AvgIpc) is 4.00. The van der Waals surface area contributed by atoms with Crippen molar-refractivity contribution in [1.82, 2.24) is 0 Å². The summed E-state index contributed by atoms with van der Waals surface area (Å²) in [7, 11) is -7.72. The number of fused-ring (bicyclic) bond motifs is 3. The number of hydrogen-bond donors (Lipinski definition) is 0. The Bertz CT molecular complexity index is 2700. The van der Waals surface area contributed by atoms with E-state index in [1.54, 1.807) is 15.5 Å². The van der Waals surface area contributed by atoms with Gasteiger partial charge < -0.3 is 0 Å². The number of hydrogen-bond acceptors (Lipinski definition) is 0. The van der Waals surface area contributed by atoms with Crippen LogP contribution in [0.2, 0.25) is 12.1 Å². The quantitative estimate of drug-likeness (QED) is 0.114. The summed E-state index contributed by atoms with van der Waals surface area (Å²) in [5, 5.41) is 0. The fraction of sp³-hybridized carbons (Fsp3) is 0.158. The van der Waals surface area contributed by atoms with Gasteiger partial charge in [0.05, 0.1) is 0 Å². The zero-order valence-corrected chi connectivity index (χ0v) is 39.8. The molecule has 0 amide bonds. The first-order valence-electron chi connectivity index (χ1n) is 22.3. The molecule has 3 aliphatic rings. The Morgan fingerprint density at radius 2 is 0.750 bits per heavy atom. The van der Waals surface area contributed by atoms with E-state index in [9.17, 15) is 0 Å². The fourth-order valence-corrected chi connectivity index (χ4v) is 131. The zero-order valence-electron chi connectivity index (χ0n) is 35.5. The molecule has 3 unspecified atom stereocenters. The van der Waals surface area contributed by atoms with Gasteiger partial charge in [-0.15, -0.1) is 0 Å². The minimum absolute atomic E-state index is 0.0144. The van der Waals surface area contributed by atoms with Crippen molar-refractivity contribution in [3.8, 4) is 0 Å². The van der Waals surface area contributed by atoms with Gasteiger partial charge in [-0.25, -0.2) is 0 Å². The van der Waals surface area contributed by atoms with E-state index in [4.69, 9.17) is 0 Å². The Balaban J connectivity index is 1.79. The molecule has 3 atom stereocenters. The van der Waals surface area contributed by atoms with Crippen LogP contribution < -0.4 is 15.5 Å². The van der Waals surface area contributed by atoms with Crippen LogP contribution in [0.4, 0.5) is 0 Å². The van der Waals surface area contributed by atoms with E-state index in [0.29, 0.717) is 0 Å². The van der Waals surface area contributed by atoms with Gasteiger partial charge in [0.25, 0.3) is 0 Å². The average molecular weight is 865 g/mol. The van der Waals surface area contributed by atoms with Crippen LogP contribution in [0.25, 0.3) is 18.2 Å². The summed E-state index contributed by atoms with van der Waals surface area (Å²) in [6, 6.07) is 81.4. The SMILES string of the molecule is CC[SiH](CC)[Ti]([Ti][CH]1C=Cc2ccccc21)([c]1ccccc1)([c]1ccccc1)([c]1ccccc1)([c]1ccccc1)([CH]1C(C)=Cc2ccccc21)[CH]1C(C)=Cc2ccccc21. The fourth-order valence-electron chi connectivity index (χ4n) is 18.3. The summed E-state index contributed by atoms with van der Waals surface area (Å²) < 4.78 is 6.68. The molecule has 0 N–H and O–H groups in total. The molecule has 0 fully saturated rings. The first kappa shape index (κ1) is 39.5. The second kappa shape index (κ2) is 12.7. The summed E-state index contributed by atoms with van der Waals surface area (Å²) in [4.78, 5) is 0. The summed E-state index contributed by atoms with van der Waals surface area (Å²) in [6.45, 7) is 7.92. The van der Waals surface area contributed by atoms with Crippen molar-refractivity contribution in [2.45, 2.75) is 52.5 Å². The standard InChI is InChI=1S/2C10H9.C9H7.4C6H5.C4H11Si.2Ti/c2*1-8-6-9-4-2-3-5-10(9)7-8;1-2-5-9-7-3-6-8(9)4-1;4*1-2-4-6-5-3-1;1-3-5-4-2;;/h2*2-7H,1H3;1-7H;4*1-5H;5H,3-4H2,1-2H3;;. The summed E-state index contributed by atoms with van der Waals surface area (Å²) in [5.74, 6) is 0. The van der Waals surface area contributed by atoms with Gasteiger partial charge in [0.15, 0.2) is 0 Å². The molecule has 0 saturated carbocycles. The molecule has 0 nitrogen and oxygen atoms in total. The molecular weight excluding hydrogens is 808 g/mol. The number of benzene rings is 7. The Kier molecular flexibility index (Phi) is 8.39. The first-order valence-corrected chi connectivity index (χ1v) is 37.1. The van der Waals surface area contributed by atoms with Crippen molar-refractivity contribution in [2.75, 3.05) is 0 Å². The molecular formula is C57H56SiTi2. The number of allylic oxidation sites excluding steroid dienone is 3. The molecule has 0 heterocycles. The van der Waals surface area contributed by atoms with Crippen LogP contribution >= 0.6 is 0 Å². The molecule has 0 saturated heterocycles. The first-order chi connectivity index (χ1) is 29.3. The van der Waals surface area contributed by atoms with Crippen LogP contribution in [-0.4, -0.2) is 6.66 Å². The van der Waals surface area contributed by atoms with Gasteiger partial charge in [-0.05, 0) is 0 Å². The summed E-state index contributed by atoms with van der Waals surface area (Å²) in [5.41, 5.74) is 11.7. The van der Waals surface area contributed by atoms with E-state index in [1.807, 2.05) is 0 Å². The maximum absolute atomic E-state index is 7.72. The second-order valence-electron chi connectivity index (χ2n) is 19.4. The Hall–Kier alpha value is -4.59. The molecule has 7 aromatic carbocycles. The van der Waals surface area contributed by atoms with Gasteiger partial charge in [0.1, 0.15) is 0 Å². The molecule has 10 rings (SSSR count). The van der Waals surface area contributed by atoms with Crippen LogP contribution in [0.1, 0.15) is 73.7 Å². The third kappa shape index (κ3) is 3.51. The van der Waals surface area contributed by atoms with Crippen LogP contribution in [0.3, 0.4) is 0 Å². The van der Waals surface area contributed by atoms with Crippen molar-refractivity contribution in [1.29, 1.82) is 0 Å². The van der Waals surface area contributed by atoms with Crippen LogP contribution in [0, 0.1) is 0 Å². The van der Waals surface area contributed by atoms with Crippen molar-refractivity contribution < 1.29 is 23.5 Å². The van der Waals surface area contributed by atoms with E-state index in [0.717, 1.165) is 12.1 Å². The maximum atomic E-state index is 2.72. The Morgan fingerprint density at radius 3 is 1.13 bits per heavy atom. The van der Waals surface area contributed by atoms with E-state index < -0.39 is 30.1 Å². The monoisotopic (exact) mass is 864 g/mol. The van der Waals surface area contributed by atoms with Gasteiger partial charge in [0, 0.05) is 0 Å². The molecule has 7 aromatic rings. The van der Waals surface area contributed by atoms with E-state index in [2.05, 4.69) is 246 Å². The molecule has 3 aliphatic carbocycles. The van der Waals surface area contributed by atoms with Gasteiger partial charge in [-0.2, -0.15) is 0 Å². The second-order valence-corrected chi connectivity index (χ2v) is 71.6. The Morgan fingerprint density at radius 1 is 0.417 bits per heavy atom. The Labute approximate surface area is 358 Å². The van der Waals surface area contributed by atoms with Crippen LogP contribution in [0.5, 0.6) is 0 Å². The third-order valence-electron chi connectivity index (χ3n) is 18.8. The predicted molar refractivity (Wildman–Crippen MR) is 256 cm³/mol. The molecule has 0 bridgehead atoms. The minimum atomic E-state index is -7.72. The molecule has 0 aromatic heterocycles. The van der Waals surface area contributed by atoms with Gasteiger partial charge >= 0.3 is 361 Å². The zero-order chi connectivity index (χ0) is 41.2. The summed E-state index contributed by atoms with van der Waals surface area (Å²) in [6.07, 6.45) is 10.5. The molecule has 60 heavy (non-hydrogen) atoms. The van der Waals surface area contributed by atoms with E-state index in [-0.39, 0.29) is 12.7 Å².